The molecule has 0 bridgehead atoms. The fraction of sp³-hybridized carbons (Fsp3) is 0.381. The van der Waals surface area contributed by atoms with E-state index in [0.717, 1.165) is 34.6 Å². The van der Waals surface area contributed by atoms with Crippen molar-refractivity contribution < 1.29 is 19.0 Å². The van der Waals surface area contributed by atoms with Gasteiger partial charge in [-0.2, -0.15) is 0 Å². The summed E-state index contributed by atoms with van der Waals surface area (Å²) in [5, 5.41) is 2.96. The highest BCUT2D eigenvalue weighted by Gasteiger charge is 2.22. The van der Waals surface area contributed by atoms with Crippen LogP contribution in [0.3, 0.4) is 0 Å². The van der Waals surface area contributed by atoms with Crippen molar-refractivity contribution in [3.8, 4) is 11.5 Å². The normalized spacial score (nSPS) is 15.3. The molecule has 0 unspecified atom stereocenters. The van der Waals surface area contributed by atoms with Crippen molar-refractivity contribution in [3.63, 3.8) is 0 Å². The second-order valence-electron chi connectivity index (χ2n) is 6.45. The molecule has 0 fully saturated rings. The average molecular weight is 355 g/mol. The van der Waals surface area contributed by atoms with Crippen molar-refractivity contribution in [1.82, 2.24) is 5.32 Å². The summed E-state index contributed by atoms with van der Waals surface area (Å²) < 4.78 is 16.7. The molecular formula is C21H25NO4. The fourth-order valence-electron chi connectivity index (χ4n) is 3.11. The first-order valence-electron chi connectivity index (χ1n) is 8.92. The quantitative estimate of drug-likeness (QED) is 0.826. The molecule has 2 aromatic rings. The largest absolute Gasteiger partial charge is 0.494 e. The van der Waals surface area contributed by atoms with E-state index in [1.807, 2.05) is 31.2 Å². The van der Waals surface area contributed by atoms with Gasteiger partial charge in [0.1, 0.15) is 17.6 Å². The number of ether oxygens (including phenoxy) is 3. The van der Waals surface area contributed by atoms with Crippen LogP contribution < -0.4 is 14.8 Å². The predicted octanol–water partition coefficient (Wildman–Crippen LogP) is 3.49. The van der Waals surface area contributed by atoms with Gasteiger partial charge in [-0.1, -0.05) is 12.1 Å². The summed E-state index contributed by atoms with van der Waals surface area (Å²) in [4.78, 5) is 12.4. The van der Waals surface area contributed by atoms with E-state index >= 15 is 0 Å². The van der Waals surface area contributed by atoms with Gasteiger partial charge in [0, 0.05) is 36.8 Å². The summed E-state index contributed by atoms with van der Waals surface area (Å²) in [5.41, 5.74) is 3.73. The molecule has 3 rings (SSSR count). The maximum Gasteiger partial charge on any atom is 0.251 e. The van der Waals surface area contributed by atoms with E-state index in [2.05, 4.69) is 12.2 Å². The molecule has 0 aromatic heterocycles. The van der Waals surface area contributed by atoms with Gasteiger partial charge >= 0.3 is 0 Å². The van der Waals surface area contributed by atoms with Crippen molar-refractivity contribution in [2.24, 2.45) is 0 Å². The Morgan fingerprint density at radius 1 is 1.27 bits per heavy atom. The van der Waals surface area contributed by atoms with Crippen molar-refractivity contribution in [3.05, 3.63) is 58.7 Å². The standard InChI is InChI=1S/C21H25NO4/c1-4-25-19-10-17-9-14(2)26-20(17)11-18(19)12-22-21(23)16-7-5-15(6-8-16)13-24-3/h5-8,10-11,14H,4,9,12-13H2,1-3H3,(H,22,23)/t14-/m1/s1. The number of benzene rings is 2. The number of methoxy groups -OCH3 is 1. The summed E-state index contributed by atoms with van der Waals surface area (Å²) in [6, 6.07) is 11.4. The molecule has 0 aliphatic carbocycles. The Kier molecular flexibility index (Phi) is 5.78. The van der Waals surface area contributed by atoms with Gasteiger partial charge in [0.05, 0.1) is 13.2 Å². The molecule has 0 radical (unpaired) electrons. The molecule has 138 valence electrons. The Balaban J connectivity index is 1.70. The monoisotopic (exact) mass is 355 g/mol. The van der Waals surface area contributed by atoms with E-state index in [9.17, 15) is 4.79 Å². The molecule has 5 heteroatoms. The van der Waals surface area contributed by atoms with Gasteiger partial charge in [0.25, 0.3) is 5.91 Å². The molecule has 0 spiro atoms. The second-order valence-corrected chi connectivity index (χ2v) is 6.45. The molecule has 1 aliphatic rings. The third-order valence-corrected chi connectivity index (χ3v) is 4.35. The third kappa shape index (κ3) is 4.17. The van der Waals surface area contributed by atoms with Crippen LogP contribution in [0.1, 0.15) is 40.9 Å². The van der Waals surface area contributed by atoms with Crippen LogP contribution in [0.15, 0.2) is 36.4 Å². The minimum absolute atomic E-state index is 0.119. The van der Waals surface area contributed by atoms with Crippen LogP contribution in [0.25, 0.3) is 0 Å². The highest BCUT2D eigenvalue weighted by Crippen LogP contribution is 2.35. The van der Waals surface area contributed by atoms with Crippen LogP contribution in [0.2, 0.25) is 0 Å². The van der Waals surface area contributed by atoms with E-state index in [-0.39, 0.29) is 12.0 Å². The van der Waals surface area contributed by atoms with Crippen molar-refractivity contribution in [2.75, 3.05) is 13.7 Å². The summed E-state index contributed by atoms with van der Waals surface area (Å²) in [7, 11) is 1.65. The van der Waals surface area contributed by atoms with E-state index in [1.165, 1.54) is 0 Å². The van der Waals surface area contributed by atoms with Gasteiger partial charge in [-0.05, 0) is 43.7 Å². The number of carbonyl (C=O) groups is 1. The van der Waals surface area contributed by atoms with Crippen LogP contribution in [0.4, 0.5) is 0 Å². The summed E-state index contributed by atoms with van der Waals surface area (Å²) in [6.07, 6.45) is 1.06. The zero-order chi connectivity index (χ0) is 18.5. The lowest BCUT2D eigenvalue weighted by Gasteiger charge is -2.13. The lowest BCUT2D eigenvalue weighted by Crippen LogP contribution is -2.23. The Hall–Kier alpha value is -2.53. The molecule has 1 heterocycles. The molecule has 1 N–H and O–H groups in total. The molecule has 26 heavy (non-hydrogen) atoms. The number of hydrogen-bond acceptors (Lipinski definition) is 4. The lowest BCUT2D eigenvalue weighted by molar-refractivity contribution is 0.0950. The maximum atomic E-state index is 12.4. The number of nitrogens with one attached hydrogen (secondary N) is 1. The molecule has 0 saturated carbocycles. The zero-order valence-electron chi connectivity index (χ0n) is 15.5. The summed E-state index contributed by atoms with van der Waals surface area (Å²) in [6.45, 7) is 5.51. The molecule has 1 aliphatic heterocycles. The predicted molar refractivity (Wildman–Crippen MR) is 99.7 cm³/mol. The minimum atomic E-state index is -0.119. The third-order valence-electron chi connectivity index (χ3n) is 4.35. The van der Waals surface area contributed by atoms with Crippen LogP contribution in [0, 0.1) is 0 Å². The van der Waals surface area contributed by atoms with Crippen molar-refractivity contribution in [2.45, 2.75) is 39.5 Å². The average Bonchev–Trinajstić information content (AvgIpc) is 2.99. The first kappa shape index (κ1) is 18.3. The van der Waals surface area contributed by atoms with Crippen LogP contribution in [-0.4, -0.2) is 25.7 Å². The molecular weight excluding hydrogens is 330 g/mol. The van der Waals surface area contributed by atoms with Gasteiger partial charge in [-0.15, -0.1) is 0 Å². The Bertz CT molecular complexity index is 770. The van der Waals surface area contributed by atoms with E-state index in [0.29, 0.717) is 25.3 Å². The molecule has 5 nitrogen and oxygen atoms in total. The SMILES string of the molecule is CCOc1cc2c(cc1CNC(=O)c1ccc(COC)cc1)O[C@H](C)C2. The van der Waals surface area contributed by atoms with Crippen molar-refractivity contribution in [1.29, 1.82) is 0 Å². The highest BCUT2D eigenvalue weighted by molar-refractivity contribution is 5.94. The highest BCUT2D eigenvalue weighted by atomic mass is 16.5. The second kappa shape index (κ2) is 8.23. The van der Waals surface area contributed by atoms with Gasteiger partial charge < -0.3 is 19.5 Å². The van der Waals surface area contributed by atoms with Crippen LogP contribution in [-0.2, 0) is 24.3 Å². The Morgan fingerprint density at radius 2 is 2.04 bits per heavy atom. The molecule has 1 amide bonds. The lowest BCUT2D eigenvalue weighted by atomic mass is 10.1. The minimum Gasteiger partial charge on any atom is -0.494 e. The number of carbonyl (C=O) groups excluding carboxylic acids is 1. The number of rotatable bonds is 7. The number of fused-ring (bicyclic) bond motifs is 1. The molecule has 1 atom stereocenters. The van der Waals surface area contributed by atoms with Gasteiger partial charge in [-0.25, -0.2) is 0 Å². The van der Waals surface area contributed by atoms with Crippen LogP contribution in [0.5, 0.6) is 11.5 Å². The van der Waals surface area contributed by atoms with E-state index < -0.39 is 0 Å². The Morgan fingerprint density at radius 3 is 2.73 bits per heavy atom. The van der Waals surface area contributed by atoms with E-state index in [1.54, 1.807) is 19.2 Å². The van der Waals surface area contributed by atoms with Gasteiger partial charge in [0.15, 0.2) is 0 Å². The van der Waals surface area contributed by atoms with Crippen molar-refractivity contribution >= 4 is 5.91 Å². The van der Waals surface area contributed by atoms with E-state index in [4.69, 9.17) is 14.2 Å². The fourth-order valence-corrected chi connectivity index (χ4v) is 3.11. The van der Waals surface area contributed by atoms with Gasteiger partial charge in [0.2, 0.25) is 0 Å². The Labute approximate surface area is 154 Å². The smallest absolute Gasteiger partial charge is 0.251 e. The number of hydrogen-bond donors (Lipinski definition) is 1. The topological polar surface area (TPSA) is 56.8 Å². The molecule has 2 aromatic carbocycles. The zero-order valence-corrected chi connectivity index (χ0v) is 15.5. The first-order valence-corrected chi connectivity index (χ1v) is 8.92. The first-order chi connectivity index (χ1) is 12.6. The van der Waals surface area contributed by atoms with Crippen LogP contribution >= 0.6 is 0 Å². The summed E-state index contributed by atoms with van der Waals surface area (Å²) >= 11 is 0. The molecule has 0 saturated heterocycles. The maximum absolute atomic E-state index is 12.4. The van der Waals surface area contributed by atoms with Gasteiger partial charge in [-0.3, -0.25) is 4.79 Å². The summed E-state index contributed by atoms with van der Waals surface area (Å²) in [5.74, 6) is 1.57. The number of amides is 1.